The topological polar surface area (TPSA) is 73.7 Å². The predicted molar refractivity (Wildman–Crippen MR) is 103 cm³/mol. The van der Waals surface area contributed by atoms with Gasteiger partial charge in [-0.1, -0.05) is 24.3 Å². The highest BCUT2D eigenvalue weighted by Gasteiger charge is 2.41. The van der Waals surface area contributed by atoms with Crippen molar-refractivity contribution in [3.05, 3.63) is 60.7 Å². The molecule has 0 spiro atoms. The minimum Gasteiger partial charge on any atom is -0.485 e. The van der Waals surface area contributed by atoms with E-state index in [-0.39, 0.29) is 31.2 Å². The lowest BCUT2D eigenvalue weighted by molar-refractivity contribution is -0.151. The first-order chi connectivity index (χ1) is 14.1. The fourth-order valence-corrected chi connectivity index (χ4v) is 3.61. The van der Waals surface area contributed by atoms with E-state index in [4.69, 9.17) is 9.47 Å². The fraction of sp³-hybridized carbons (Fsp3) is 0.286. The average molecular weight is 397 g/mol. The summed E-state index contributed by atoms with van der Waals surface area (Å²) in [6.45, 7) is 0.194. The highest BCUT2D eigenvalue weighted by molar-refractivity contribution is 5.86. The van der Waals surface area contributed by atoms with E-state index in [1.165, 1.54) is 24.1 Å². The van der Waals surface area contributed by atoms with Crippen LogP contribution in [0.4, 0.5) is 4.39 Å². The molecule has 2 aromatic carbocycles. The summed E-state index contributed by atoms with van der Waals surface area (Å²) in [6.07, 6.45) is 1.32. The van der Waals surface area contributed by atoms with Crippen molar-refractivity contribution in [2.45, 2.75) is 25.1 Å². The Labute approximate surface area is 166 Å². The van der Waals surface area contributed by atoms with Crippen molar-refractivity contribution in [2.75, 3.05) is 13.7 Å². The fourth-order valence-electron chi connectivity index (χ4n) is 3.61. The third-order valence-electron chi connectivity index (χ3n) is 5.02. The number of likely N-dealkylation sites (tertiary alicyclic amines) is 1. The maximum Gasteiger partial charge on any atom is 0.328 e. The molecule has 1 aromatic heterocycles. The molecule has 2 heterocycles. The molecule has 2 atom stereocenters. The second-order valence-electron chi connectivity index (χ2n) is 6.85. The van der Waals surface area contributed by atoms with Crippen LogP contribution in [-0.2, 0) is 20.9 Å². The summed E-state index contributed by atoms with van der Waals surface area (Å²) in [4.78, 5) is 31.0. The highest BCUT2D eigenvalue weighted by atomic mass is 19.1. The zero-order valence-corrected chi connectivity index (χ0v) is 15.8. The van der Waals surface area contributed by atoms with E-state index < -0.39 is 23.9 Å². The summed E-state index contributed by atoms with van der Waals surface area (Å²) in [6, 6.07) is 12.8. The SMILES string of the molecule is COC(=O)[C@@H]1C[C@@H](Oc2ccccc2F)CN1C(=O)Cn1cnc2ccccc21. The molecule has 0 saturated carbocycles. The van der Waals surface area contributed by atoms with Crippen LogP contribution in [0.15, 0.2) is 54.9 Å². The van der Waals surface area contributed by atoms with Crippen LogP contribution in [0.3, 0.4) is 0 Å². The maximum atomic E-state index is 13.9. The van der Waals surface area contributed by atoms with E-state index in [2.05, 4.69) is 4.98 Å². The molecule has 150 valence electrons. The van der Waals surface area contributed by atoms with Crippen LogP contribution in [-0.4, -0.2) is 52.1 Å². The number of esters is 1. The van der Waals surface area contributed by atoms with E-state index >= 15 is 0 Å². The molecule has 0 unspecified atom stereocenters. The number of benzene rings is 2. The molecule has 1 amide bonds. The quantitative estimate of drug-likeness (QED) is 0.618. The predicted octanol–water partition coefficient (Wildman–Crippen LogP) is 2.40. The third kappa shape index (κ3) is 3.78. The summed E-state index contributed by atoms with van der Waals surface area (Å²) < 4.78 is 26.2. The summed E-state index contributed by atoms with van der Waals surface area (Å²) in [5.41, 5.74) is 1.61. The largest absolute Gasteiger partial charge is 0.485 e. The van der Waals surface area contributed by atoms with Crippen molar-refractivity contribution in [3.8, 4) is 5.75 Å². The number of imidazole rings is 1. The Balaban J connectivity index is 1.52. The third-order valence-corrected chi connectivity index (χ3v) is 5.02. The summed E-state index contributed by atoms with van der Waals surface area (Å²) in [5.74, 6) is -1.18. The summed E-state index contributed by atoms with van der Waals surface area (Å²) >= 11 is 0. The molecular weight excluding hydrogens is 377 g/mol. The molecule has 29 heavy (non-hydrogen) atoms. The molecule has 0 N–H and O–H groups in total. The first-order valence-electron chi connectivity index (χ1n) is 9.25. The normalized spacial score (nSPS) is 18.8. The molecule has 3 aromatic rings. The summed E-state index contributed by atoms with van der Waals surface area (Å²) in [5, 5.41) is 0. The Hall–Kier alpha value is -3.42. The van der Waals surface area contributed by atoms with E-state index in [0.29, 0.717) is 0 Å². The number of ether oxygens (including phenoxy) is 2. The number of carbonyl (C=O) groups excluding carboxylic acids is 2. The van der Waals surface area contributed by atoms with E-state index in [9.17, 15) is 14.0 Å². The minimum atomic E-state index is -0.779. The molecule has 1 fully saturated rings. The molecule has 0 aliphatic carbocycles. The van der Waals surface area contributed by atoms with Crippen LogP contribution in [0.1, 0.15) is 6.42 Å². The van der Waals surface area contributed by atoms with Gasteiger partial charge in [-0.2, -0.15) is 0 Å². The van der Waals surface area contributed by atoms with Crippen LogP contribution in [0, 0.1) is 5.82 Å². The Morgan fingerprint density at radius 3 is 2.72 bits per heavy atom. The van der Waals surface area contributed by atoms with Gasteiger partial charge in [0, 0.05) is 6.42 Å². The van der Waals surface area contributed by atoms with Gasteiger partial charge in [0.1, 0.15) is 18.7 Å². The van der Waals surface area contributed by atoms with Crippen LogP contribution < -0.4 is 4.74 Å². The van der Waals surface area contributed by atoms with E-state index in [0.717, 1.165) is 11.0 Å². The molecule has 0 radical (unpaired) electrons. The zero-order chi connectivity index (χ0) is 20.4. The van der Waals surface area contributed by atoms with Gasteiger partial charge in [-0.25, -0.2) is 14.2 Å². The average Bonchev–Trinajstić information content (AvgIpc) is 3.34. The van der Waals surface area contributed by atoms with Crippen molar-refractivity contribution < 1.29 is 23.5 Å². The van der Waals surface area contributed by atoms with Gasteiger partial charge >= 0.3 is 5.97 Å². The molecule has 4 rings (SSSR count). The molecule has 8 heteroatoms. The van der Waals surface area contributed by atoms with Crippen LogP contribution in [0.2, 0.25) is 0 Å². The first kappa shape index (κ1) is 18.9. The molecule has 1 aliphatic rings. The minimum absolute atomic E-state index is 0.0282. The van der Waals surface area contributed by atoms with Crippen molar-refractivity contribution in [2.24, 2.45) is 0 Å². The van der Waals surface area contributed by atoms with Gasteiger partial charge in [-0.3, -0.25) is 4.79 Å². The smallest absolute Gasteiger partial charge is 0.328 e. The number of fused-ring (bicyclic) bond motifs is 1. The number of hydrogen-bond donors (Lipinski definition) is 0. The Morgan fingerprint density at radius 1 is 1.17 bits per heavy atom. The number of para-hydroxylation sites is 3. The molecule has 1 aliphatic heterocycles. The lowest BCUT2D eigenvalue weighted by atomic mass is 10.2. The molecular formula is C21H20FN3O4. The van der Waals surface area contributed by atoms with Crippen molar-refractivity contribution in [1.29, 1.82) is 0 Å². The van der Waals surface area contributed by atoms with Gasteiger partial charge in [-0.15, -0.1) is 0 Å². The first-order valence-corrected chi connectivity index (χ1v) is 9.25. The van der Waals surface area contributed by atoms with Crippen LogP contribution >= 0.6 is 0 Å². The Bertz CT molecular complexity index is 1050. The number of nitrogens with zero attached hydrogens (tertiary/aromatic N) is 3. The monoisotopic (exact) mass is 397 g/mol. The van der Waals surface area contributed by atoms with Gasteiger partial charge < -0.3 is 18.9 Å². The molecule has 1 saturated heterocycles. The van der Waals surface area contributed by atoms with E-state index in [1.807, 2.05) is 24.3 Å². The van der Waals surface area contributed by atoms with Gasteiger partial charge in [-0.05, 0) is 24.3 Å². The van der Waals surface area contributed by atoms with Gasteiger partial charge in [0.25, 0.3) is 0 Å². The van der Waals surface area contributed by atoms with Crippen molar-refractivity contribution in [1.82, 2.24) is 14.5 Å². The van der Waals surface area contributed by atoms with Gasteiger partial charge in [0.15, 0.2) is 11.6 Å². The van der Waals surface area contributed by atoms with Gasteiger partial charge in [0.2, 0.25) is 5.91 Å². The molecule has 0 bridgehead atoms. The number of methoxy groups -OCH3 is 1. The highest BCUT2D eigenvalue weighted by Crippen LogP contribution is 2.26. The Morgan fingerprint density at radius 2 is 1.93 bits per heavy atom. The maximum absolute atomic E-state index is 13.9. The number of carbonyl (C=O) groups is 2. The lowest BCUT2D eigenvalue weighted by Crippen LogP contribution is -2.42. The number of halogens is 1. The standard InChI is InChI=1S/C21H20FN3O4/c1-28-21(27)18-10-14(29-19-9-5-2-6-15(19)22)11-25(18)20(26)12-24-13-23-16-7-3-4-8-17(16)24/h2-9,13-14,18H,10-12H2,1H3/t14-,18+/m1/s1. The Kier molecular flexibility index (Phi) is 5.16. The number of rotatable bonds is 5. The lowest BCUT2D eigenvalue weighted by Gasteiger charge is -2.22. The second-order valence-corrected chi connectivity index (χ2v) is 6.85. The van der Waals surface area contributed by atoms with Crippen LogP contribution in [0.5, 0.6) is 5.75 Å². The number of hydrogen-bond acceptors (Lipinski definition) is 5. The second kappa shape index (κ2) is 7.90. The van der Waals surface area contributed by atoms with Crippen LogP contribution in [0.25, 0.3) is 11.0 Å². The van der Waals surface area contributed by atoms with Gasteiger partial charge in [0.05, 0.1) is 31.0 Å². The molecule has 7 nitrogen and oxygen atoms in total. The van der Waals surface area contributed by atoms with Crippen molar-refractivity contribution >= 4 is 22.9 Å². The summed E-state index contributed by atoms with van der Waals surface area (Å²) in [7, 11) is 1.28. The van der Waals surface area contributed by atoms with Crippen molar-refractivity contribution in [3.63, 3.8) is 0 Å². The number of amides is 1. The number of aromatic nitrogens is 2. The van der Waals surface area contributed by atoms with E-state index in [1.54, 1.807) is 23.0 Å². The zero-order valence-electron chi connectivity index (χ0n) is 15.8.